The van der Waals surface area contributed by atoms with Crippen LogP contribution >= 0.6 is 11.6 Å². The SMILES string of the molecule is CCC1(CC)CCN(CC(=O)c2ccccc2Cl)CC1. The number of benzene rings is 1. The van der Waals surface area contributed by atoms with Crippen LogP contribution in [0.4, 0.5) is 0 Å². The van der Waals surface area contributed by atoms with Crippen LogP contribution in [0.2, 0.25) is 5.02 Å². The van der Waals surface area contributed by atoms with Crippen molar-refractivity contribution in [3.8, 4) is 0 Å². The molecule has 1 aromatic carbocycles. The van der Waals surface area contributed by atoms with Gasteiger partial charge < -0.3 is 0 Å². The minimum Gasteiger partial charge on any atom is -0.296 e. The zero-order valence-corrected chi connectivity index (χ0v) is 13.2. The molecule has 110 valence electrons. The molecule has 0 atom stereocenters. The Kier molecular flexibility index (Phi) is 5.22. The van der Waals surface area contributed by atoms with Gasteiger partial charge >= 0.3 is 0 Å². The van der Waals surface area contributed by atoms with E-state index in [-0.39, 0.29) is 5.78 Å². The Bertz CT molecular complexity index is 458. The predicted octanol–water partition coefficient (Wildman–Crippen LogP) is 4.42. The summed E-state index contributed by atoms with van der Waals surface area (Å²) < 4.78 is 0. The maximum atomic E-state index is 12.3. The number of rotatable bonds is 5. The molecule has 0 saturated carbocycles. The summed E-state index contributed by atoms with van der Waals surface area (Å²) in [6, 6.07) is 7.33. The third kappa shape index (κ3) is 3.42. The van der Waals surface area contributed by atoms with E-state index in [1.165, 1.54) is 25.7 Å². The normalized spacial score (nSPS) is 18.9. The first-order valence-corrected chi connectivity index (χ1v) is 7.98. The lowest BCUT2D eigenvalue weighted by Crippen LogP contribution is -2.41. The number of halogens is 1. The molecule has 1 fully saturated rings. The van der Waals surface area contributed by atoms with Crippen LogP contribution in [0.5, 0.6) is 0 Å². The molecular formula is C17H24ClNO. The number of carbonyl (C=O) groups excluding carboxylic acids is 1. The summed E-state index contributed by atoms with van der Waals surface area (Å²) in [6.45, 7) is 7.12. The summed E-state index contributed by atoms with van der Waals surface area (Å²) in [4.78, 5) is 14.6. The molecule has 0 aliphatic carbocycles. The molecule has 20 heavy (non-hydrogen) atoms. The van der Waals surface area contributed by atoms with Crippen molar-refractivity contribution >= 4 is 17.4 Å². The van der Waals surface area contributed by atoms with Crippen LogP contribution in [0.1, 0.15) is 49.9 Å². The Morgan fingerprint density at radius 2 is 1.80 bits per heavy atom. The van der Waals surface area contributed by atoms with Crippen molar-refractivity contribution in [2.45, 2.75) is 39.5 Å². The van der Waals surface area contributed by atoms with E-state index in [4.69, 9.17) is 11.6 Å². The van der Waals surface area contributed by atoms with Crippen molar-refractivity contribution in [2.75, 3.05) is 19.6 Å². The fraction of sp³-hybridized carbons (Fsp3) is 0.588. The van der Waals surface area contributed by atoms with E-state index >= 15 is 0 Å². The second-order valence-electron chi connectivity index (χ2n) is 5.89. The Labute approximate surface area is 127 Å². The fourth-order valence-electron chi connectivity index (χ4n) is 3.12. The molecule has 2 rings (SSSR count). The van der Waals surface area contributed by atoms with Crippen molar-refractivity contribution in [1.29, 1.82) is 0 Å². The second-order valence-corrected chi connectivity index (χ2v) is 6.29. The first-order chi connectivity index (χ1) is 9.60. The molecule has 0 bridgehead atoms. The van der Waals surface area contributed by atoms with Crippen molar-refractivity contribution in [1.82, 2.24) is 4.90 Å². The number of likely N-dealkylation sites (tertiary alicyclic amines) is 1. The summed E-state index contributed by atoms with van der Waals surface area (Å²) in [5.41, 5.74) is 1.15. The topological polar surface area (TPSA) is 20.3 Å². The summed E-state index contributed by atoms with van der Waals surface area (Å²) in [7, 11) is 0. The van der Waals surface area contributed by atoms with Crippen molar-refractivity contribution in [3.63, 3.8) is 0 Å². The average molecular weight is 294 g/mol. The van der Waals surface area contributed by atoms with E-state index in [9.17, 15) is 4.79 Å². The van der Waals surface area contributed by atoms with Crippen molar-refractivity contribution in [2.24, 2.45) is 5.41 Å². The first-order valence-electron chi connectivity index (χ1n) is 7.60. The van der Waals surface area contributed by atoms with E-state index < -0.39 is 0 Å². The Morgan fingerprint density at radius 3 is 2.35 bits per heavy atom. The zero-order valence-electron chi connectivity index (χ0n) is 12.5. The number of carbonyl (C=O) groups is 1. The van der Waals surface area contributed by atoms with E-state index in [0.717, 1.165) is 13.1 Å². The van der Waals surface area contributed by atoms with Crippen LogP contribution in [0.15, 0.2) is 24.3 Å². The molecule has 0 spiro atoms. The van der Waals surface area contributed by atoms with Gasteiger partial charge in [-0.2, -0.15) is 0 Å². The molecule has 3 heteroatoms. The van der Waals surface area contributed by atoms with Crippen LogP contribution in [0.3, 0.4) is 0 Å². The summed E-state index contributed by atoms with van der Waals surface area (Å²) in [6.07, 6.45) is 4.90. The van der Waals surface area contributed by atoms with Crippen LogP contribution in [0, 0.1) is 5.41 Å². The van der Waals surface area contributed by atoms with E-state index in [1.807, 2.05) is 18.2 Å². The molecular weight excluding hydrogens is 270 g/mol. The highest BCUT2D eigenvalue weighted by atomic mass is 35.5. The van der Waals surface area contributed by atoms with Crippen LogP contribution < -0.4 is 0 Å². The summed E-state index contributed by atoms with van der Waals surface area (Å²) in [5, 5.41) is 0.561. The predicted molar refractivity (Wildman–Crippen MR) is 84.5 cm³/mol. The molecule has 0 radical (unpaired) electrons. The van der Waals surface area contributed by atoms with Gasteiger partial charge in [-0.3, -0.25) is 9.69 Å². The molecule has 1 aliphatic rings. The number of hydrogen-bond acceptors (Lipinski definition) is 2. The van der Waals surface area contributed by atoms with Gasteiger partial charge in [0, 0.05) is 5.56 Å². The van der Waals surface area contributed by atoms with Gasteiger partial charge in [0.05, 0.1) is 11.6 Å². The molecule has 0 N–H and O–H groups in total. The second kappa shape index (κ2) is 6.73. The molecule has 1 aliphatic heterocycles. The molecule has 0 aromatic heterocycles. The quantitative estimate of drug-likeness (QED) is 0.749. The number of nitrogens with zero attached hydrogens (tertiary/aromatic N) is 1. The number of ketones is 1. The van der Waals surface area contributed by atoms with E-state index in [1.54, 1.807) is 6.07 Å². The maximum absolute atomic E-state index is 12.3. The van der Waals surface area contributed by atoms with Gasteiger partial charge in [0.25, 0.3) is 0 Å². The first kappa shape index (κ1) is 15.5. The Hall–Kier alpha value is -0.860. The lowest BCUT2D eigenvalue weighted by atomic mass is 9.74. The number of Topliss-reactive ketones (excluding diaryl/α,β-unsaturated/α-hetero) is 1. The standard InChI is InChI=1S/C17H24ClNO/c1-3-17(4-2)9-11-19(12-10-17)13-16(20)14-7-5-6-8-15(14)18/h5-8H,3-4,9-13H2,1-2H3. The van der Waals surface area contributed by atoms with Crippen LogP contribution in [-0.4, -0.2) is 30.3 Å². The van der Waals surface area contributed by atoms with Gasteiger partial charge in [-0.05, 0) is 43.5 Å². The average Bonchev–Trinajstić information content (AvgIpc) is 2.49. The summed E-state index contributed by atoms with van der Waals surface area (Å²) >= 11 is 6.09. The highest BCUT2D eigenvalue weighted by molar-refractivity contribution is 6.34. The van der Waals surface area contributed by atoms with Gasteiger partial charge in [-0.15, -0.1) is 0 Å². The van der Waals surface area contributed by atoms with Gasteiger partial charge in [0.15, 0.2) is 5.78 Å². The zero-order chi connectivity index (χ0) is 14.6. The van der Waals surface area contributed by atoms with E-state index in [0.29, 0.717) is 22.5 Å². The van der Waals surface area contributed by atoms with Gasteiger partial charge in [-0.25, -0.2) is 0 Å². The van der Waals surface area contributed by atoms with Gasteiger partial charge in [-0.1, -0.05) is 50.4 Å². The number of piperidine rings is 1. The lowest BCUT2D eigenvalue weighted by molar-refractivity contribution is 0.0756. The van der Waals surface area contributed by atoms with E-state index in [2.05, 4.69) is 18.7 Å². The molecule has 1 heterocycles. The minimum absolute atomic E-state index is 0.135. The Morgan fingerprint density at radius 1 is 1.20 bits per heavy atom. The molecule has 1 aromatic rings. The third-order valence-corrected chi connectivity index (χ3v) is 5.29. The molecule has 1 saturated heterocycles. The fourth-order valence-corrected chi connectivity index (χ4v) is 3.36. The highest BCUT2D eigenvalue weighted by Gasteiger charge is 2.31. The third-order valence-electron chi connectivity index (χ3n) is 4.96. The van der Waals surface area contributed by atoms with Gasteiger partial charge in [0.2, 0.25) is 0 Å². The maximum Gasteiger partial charge on any atom is 0.178 e. The Balaban J connectivity index is 1.93. The largest absolute Gasteiger partial charge is 0.296 e. The molecule has 0 amide bonds. The smallest absolute Gasteiger partial charge is 0.178 e. The lowest BCUT2D eigenvalue weighted by Gasteiger charge is -2.40. The van der Waals surface area contributed by atoms with Crippen LogP contribution in [-0.2, 0) is 0 Å². The summed E-state index contributed by atoms with van der Waals surface area (Å²) in [5.74, 6) is 0.135. The molecule has 2 nitrogen and oxygen atoms in total. The monoisotopic (exact) mass is 293 g/mol. The highest BCUT2D eigenvalue weighted by Crippen LogP contribution is 2.37. The van der Waals surface area contributed by atoms with Gasteiger partial charge in [0.1, 0.15) is 0 Å². The van der Waals surface area contributed by atoms with Crippen LogP contribution in [0.25, 0.3) is 0 Å². The van der Waals surface area contributed by atoms with Crippen molar-refractivity contribution in [3.05, 3.63) is 34.9 Å². The molecule has 0 unspecified atom stereocenters. The van der Waals surface area contributed by atoms with Crippen molar-refractivity contribution < 1.29 is 4.79 Å². The minimum atomic E-state index is 0.135. The number of hydrogen-bond donors (Lipinski definition) is 0.